The van der Waals surface area contributed by atoms with Crippen LogP contribution in [0.1, 0.15) is 23.6 Å². The molecule has 3 rings (SSSR count). The van der Waals surface area contributed by atoms with Crippen molar-refractivity contribution in [2.45, 2.75) is 20.3 Å². The maximum atomic E-state index is 4.62. The minimum Gasteiger partial charge on any atom is -0.256 e. The van der Waals surface area contributed by atoms with Gasteiger partial charge in [-0.3, -0.25) is 4.99 Å². The van der Waals surface area contributed by atoms with Gasteiger partial charge in [-0.2, -0.15) is 0 Å². The third-order valence-corrected chi connectivity index (χ3v) is 3.57. The van der Waals surface area contributed by atoms with E-state index in [-0.39, 0.29) is 0 Å². The number of allylic oxidation sites excluding steroid dienone is 2. The zero-order valence-electron chi connectivity index (χ0n) is 11.4. The van der Waals surface area contributed by atoms with E-state index >= 15 is 0 Å². The predicted octanol–water partition coefficient (Wildman–Crippen LogP) is 4.73. The summed E-state index contributed by atoms with van der Waals surface area (Å²) in [6.07, 6.45) is 3.06. The van der Waals surface area contributed by atoms with Gasteiger partial charge in [0.15, 0.2) is 0 Å². The number of hydrogen-bond acceptors (Lipinski definition) is 1. The number of nitrogens with zero attached hydrogens (tertiary/aromatic N) is 1. The highest BCUT2D eigenvalue weighted by atomic mass is 14.7. The van der Waals surface area contributed by atoms with Crippen molar-refractivity contribution < 1.29 is 0 Å². The van der Waals surface area contributed by atoms with Crippen LogP contribution >= 0.6 is 0 Å². The van der Waals surface area contributed by atoms with Crippen LogP contribution in [0.25, 0.3) is 5.57 Å². The van der Waals surface area contributed by atoms with E-state index in [0.717, 1.165) is 12.1 Å². The summed E-state index contributed by atoms with van der Waals surface area (Å²) in [6, 6.07) is 16.9. The minimum atomic E-state index is 1.02. The van der Waals surface area contributed by atoms with E-state index in [2.05, 4.69) is 55.2 Å². The second-order valence-corrected chi connectivity index (χ2v) is 5.13. The number of aryl methyl sites for hydroxylation is 1. The van der Waals surface area contributed by atoms with Gasteiger partial charge < -0.3 is 0 Å². The molecule has 0 spiro atoms. The molecule has 2 aromatic carbocycles. The highest BCUT2D eigenvalue weighted by Gasteiger charge is 2.16. The number of benzene rings is 2. The Labute approximate surface area is 114 Å². The molecule has 0 aliphatic heterocycles. The summed E-state index contributed by atoms with van der Waals surface area (Å²) in [5.41, 5.74) is 7.67. The van der Waals surface area contributed by atoms with Crippen molar-refractivity contribution in [2.75, 3.05) is 0 Å². The molecule has 1 aliphatic carbocycles. The summed E-state index contributed by atoms with van der Waals surface area (Å²) in [7, 11) is 0. The van der Waals surface area contributed by atoms with Crippen molar-refractivity contribution in [3.63, 3.8) is 0 Å². The summed E-state index contributed by atoms with van der Waals surface area (Å²) < 4.78 is 0. The van der Waals surface area contributed by atoms with E-state index in [1.165, 1.54) is 27.8 Å². The molecular weight excluding hydrogens is 230 g/mol. The second kappa shape index (κ2) is 4.85. The first-order valence-corrected chi connectivity index (χ1v) is 6.63. The van der Waals surface area contributed by atoms with Crippen LogP contribution in [0.15, 0.2) is 59.1 Å². The summed E-state index contributed by atoms with van der Waals surface area (Å²) >= 11 is 0. The number of fused-ring (bicyclic) bond motifs is 1. The lowest BCUT2D eigenvalue weighted by Crippen LogP contribution is -1.84. The molecule has 2 aromatic rings. The first-order chi connectivity index (χ1) is 9.24. The molecule has 0 saturated heterocycles. The smallest absolute Gasteiger partial charge is 0.0632 e. The Bertz CT molecular complexity index is 678. The fourth-order valence-corrected chi connectivity index (χ4v) is 2.58. The summed E-state index contributed by atoms with van der Waals surface area (Å²) in [6.45, 7) is 4.28. The zero-order valence-corrected chi connectivity index (χ0v) is 11.4. The average Bonchev–Trinajstić information content (AvgIpc) is 2.72. The van der Waals surface area contributed by atoms with E-state index in [1.54, 1.807) is 0 Å². The van der Waals surface area contributed by atoms with E-state index in [9.17, 15) is 0 Å². The van der Waals surface area contributed by atoms with Crippen molar-refractivity contribution in [3.8, 4) is 0 Å². The summed E-state index contributed by atoms with van der Waals surface area (Å²) in [5.74, 6) is 0. The van der Waals surface area contributed by atoms with Crippen molar-refractivity contribution in [1.29, 1.82) is 0 Å². The summed E-state index contributed by atoms with van der Waals surface area (Å²) in [4.78, 5) is 4.62. The maximum absolute atomic E-state index is 4.62. The first-order valence-electron chi connectivity index (χ1n) is 6.63. The van der Waals surface area contributed by atoms with Gasteiger partial charge in [0.05, 0.1) is 5.69 Å². The van der Waals surface area contributed by atoms with Gasteiger partial charge in [0, 0.05) is 6.21 Å². The maximum Gasteiger partial charge on any atom is 0.0632 e. The normalized spacial score (nSPS) is 14.2. The molecule has 94 valence electrons. The van der Waals surface area contributed by atoms with Gasteiger partial charge >= 0.3 is 0 Å². The van der Waals surface area contributed by atoms with E-state index in [1.807, 2.05) is 18.3 Å². The molecule has 0 aromatic heterocycles. The molecule has 1 nitrogen and oxygen atoms in total. The van der Waals surface area contributed by atoms with Gasteiger partial charge in [0.2, 0.25) is 0 Å². The Morgan fingerprint density at radius 2 is 1.84 bits per heavy atom. The van der Waals surface area contributed by atoms with Crippen LogP contribution in [0.5, 0.6) is 0 Å². The van der Waals surface area contributed by atoms with E-state index < -0.39 is 0 Å². The van der Waals surface area contributed by atoms with Crippen LogP contribution < -0.4 is 0 Å². The monoisotopic (exact) mass is 247 g/mol. The molecule has 0 saturated carbocycles. The number of hydrogen-bond donors (Lipinski definition) is 0. The molecule has 1 aliphatic rings. The summed E-state index contributed by atoms with van der Waals surface area (Å²) in [5, 5.41) is 0. The standard InChI is InChI=1S/C18H17N/c1-13-6-5-8-16(10-13)19-12-18-14(2)11-15-7-3-4-9-17(15)18/h3-10,12H,11H2,1-2H3. The predicted molar refractivity (Wildman–Crippen MR) is 82.1 cm³/mol. The molecule has 0 fully saturated rings. The lowest BCUT2D eigenvalue weighted by Gasteiger charge is -2.01. The lowest BCUT2D eigenvalue weighted by molar-refractivity contribution is 1.19. The highest BCUT2D eigenvalue weighted by molar-refractivity contribution is 6.13. The number of aliphatic imine (C=N–C) groups is 1. The third-order valence-electron chi connectivity index (χ3n) is 3.57. The molecule has 19 heavy (non-hydrogen) atoms. The minimum absolute atomic E-state index is 1.02. The van der Waals surface area contributed by atoms with Crippen LogP contribution in [0, 0.1) is 6.92 Å². The largest absolute Gasteiger partial charge is 0.256 e. The van der Waals surface area contributed by atoms with Crippen LogP contribution in [-0.4, -0.2) is 6.21 Å². The molecule has 0 unspecified atom stereocenters. The Kier molecular flexibility index (Phi) is 3.04. The quantitative estimate of drug-likeness (QED) is 0.680. The van der Waals surface area contributed by atoms with Gasteiger partial charge in [-0.1, -0.05) is 42.0 Å². The van der Waals surface area contributed by atoms with Gasteiger partial charge in [0.1, 0.15) is 0 Å². The molecular formula is C18H17N. The molecule has 0 heterocycles. The van der Waals surface area contributed by atoms with Crippen molar-refractivity contribution in [3.05, 3.63) is 70.8 Å². The average molecular weight is 247 g/mol. The second-order valence-electron chi connectivity index (χ2n) is 5.13. The molecule has 0 N–H and O–H groups in total. The fourth-order valence-electron chi connectivity index (χ4n) is 2.58. The third kappa shape index (κ3) is 2.37. The van der Waals surface area contributed by atoms with E-state index in [4.69, 9.17) is 0 Å². The Balaban J connectivity index is 1.94. The zero-order chi connectivity index (χ0) is 13.2. The van der Waals surface area contributed by atoms with Crippen molar-refractivity contribution in [2.24, 2.45) is 4.99 Å². The van der Waals surface area contributed by atoms with Crippen LogP contribution in [0.3, 0.4) is 0 Å². The van der Waals surface area contributed by atoms with Gasteiger partial charge in [-0.05, 0) is 54.7 Å². The van der Waals surface area contributed by atoms with Crippen LogP contribution in [-0.2, 0) is 6.42 Å². The van der Waals surface area contributed by atoms with Crippen molar-refractivity contribution in [1.82, 2.24) is 0 Å². The number of rotatable bonds is 2. The lowest BCUT2D eigenvalue weighted by atomic mass is 10.1. The topological polar surface area (TPSA) is 12.4 Å². The Hall–Kier alpha value is -2.15. The van der Waals surface area contributed by atoms with Gasteiger partial charge in [-0.15, -0.1) is 0 Å². The molecule has 0 bridgehead atoms. The van der Waals surface area contributed by atoms with Gasteiger partial charge in [0.25, 0.3) is 0 Å². The SMILES string of the molecule is CC1=C(C=Nc2cccc(C)c2)c2ccccc2C1. The van der Waals surface area contributed by atoms with Gasteiger partial charge in [-0.25, -0.2) is 0 Å². The first kappa shape index (κ1) is 11.9. The Morgan fingerprint density at radius 3 is 2.68 bits per heavy atom. The van der Waals surface area contributed by atoms with E-state index in [0.29, 0.717) is 0 Å². The molecule has 0 radical (unpaired) electrons. The Morgan fingerprint density at radius 1 is 1.00 bits per heavy atom. The van der Waals surface area contributed by atoms with Crippen LogP contribution in [0.4, 0.5) is 5.69 Å². The van der Waals surface area contributed by atoms with Crippen LogP contribution in [0.2, 0.25) is 0 Å². The molecule has 1 heteroatoms. The van der Waals surface area contributed by atoms with Crippen molar-refractivity contribution >= 4 is 17.5 Å². The molecule has 0 atom stereocenters. The fraction of sp³-hybridized carbons (Fsp3) is 0.167. The molecule has 0 amide bonds. The highest BCUT2D eigenvalue weighted by Crippen LogP contribution is 2.31.